The van der Waals surface area contributed by atoms with Crippen LogP contribution in [-0.2, 0) is 30.2 Å². The monoisotopic (exact) mass is 836 g/mol. The molecule has 14 nitrogen and oxygen atoms in total. The number of hydrogen-bond donors (Lipinski definition) is 3. The first-order chi connectivity index (χ1) is 28.1. The van der Waals surface area contributed by atoms with Gasteiger partial charge in [0, 0.05) is 93.6 Å². The molecule has 0 aliphatic carbocycles. The molecule has 18 heteroatoms. The summed E-state index contributed by atoms with van der Waals surface area (Å²) in [6, 6.07) is 7.75. The van der Waals surface area contributed by atoms with Gasteiger partial charge in [-0.2, -0.15) is 0 Å². The molecule has 4 aromatic rings. The lowest BCUT2D eigenvalue weighted by Crippen LogP contribution is -2.49. The molecule has 2 aromatic carbocycles. The molecule has 3 saturated heterocycles. The van der Waals surface area contributed by atoms with Crippen molar-refractivity contribution in [3.8, 4) is 0 Å². The summed E-state index contributed by atoms with van der Waals surface area (Å²) in [5, 5.41) is 5.64. The Hall–Kier alpha value is -5.49. The number of aromatic amines is 1. The summed E-state index contributed by atoms with van der Waals surface area (Å²) in [6.07, 6.45) is 6.00. The molecule has 3 aliphatic rings. The molecule has 1 atom stereocenters. The topological polar surface area (TPSA) is 168 Å². The van der Waals surface area contributed by atoms with E-state index >= 15 is 13.2 Å². The van der Waals surface area contributed by atoms with Crippen LogP contribution in [0.5, 0.6) is 0 Å². The van der Waals surface area contributed by atoms with Crippen LogP contribution in [0.2, 0.25) is 0 Å². The van der Waals surface area contributed by atoms with Crippen molar-refractivity contribution in [3.05, 3.63) is 82.9 Å². The lowest BCUT2D eigenvalue weighted by atomic mass is 9.93. The van der Waals surface area contributed by atoms with E-state index in [1.165, 1.54) is 19.3 Å². The number of anilines is 3. The van der Waals surface area contributed by atoms with Crippen molar-refractivity contribution in [3.63, 3.8) is 0 Å². The number of piperidine rings is 3. The molecule has 314 valence electrons. The minimum Gasteiger partial charge on any atom is -0.374 e. The molecule has 3 aliphatic heterocycles. The number of imide groups is 1. The van der Waals surface area contributed by atoms with E-state index in [4.69, 9.17) is 0 Å². The highest BCUT2D eigenvalue weighted by atomic mass is 32.2. The van der Waals surface area contributed by atoms with Gasteiger partial charge in [0.2, 0.25) is 33.5 Å². The molecule has 0 saturated carbocycles. The largest absolute Gasteiger partial charge is 0.374 e. The first-order valence-corrected chi connectivity index (χ1v) is 21.3. The average Bonchev–Trinajstić information content (AvgIpc) is 3.66. The first kappa shape index (κ1) is 41.7. The maximum Gasteiger partial charge on any atom is 0.249 e. The average molecular weight is 837 g/mol. The van der Waals surface area contributed by atoms with Crippen LogP contribution in [0.25, 0.3) is 11.0 Å². The summed E-state index contributed by atoms with van der Waals surface area (Å²) in [5.74, 6) is -5.37. The van der Waals surface area contributed by atoms with E-state index in [9.17, 15) is 27.6 Å². The molecule has 1 unspecified atom stereocenters. The molecule has 5 heterocycles. The number of benzene rings is 2. The third-order valence-corrected chi connectivity index (χ3v) is 13.7. The lowest BCUT2D eigenvalue weighted by molar-refractivity contribution is -0.137. The molecule has 0 radical (unpaired) electrons. The summed E-state index contributed by atoms with van der Waals surface area (Å²) in [6.45, 7) is 3.96. The van der Waals surface area contributed by atoms with Crippen LogP contribution in [0, 0.1) is 23.4 Å². The number of H-pyrrole nitrogens is 1. The van der Waals surface area contributed by atoms with Crippen LogP contribution in [0.15, 0.2) is 48.8 Å². The number of hydrogen-bond acceptors (Lipinski definition) is 10. The van der Waals surface area contributed by atoms with Crippen LogP contribution in [-0.4, -0.2) is 110 Å². The van der Waals surface area contributed by atoms with E-state index in [1.807, 2.05) is 16.8 Å². The van der Waals surface area contributed by atoms with Gasteiger partial charge in [0.15, 0.2) is 0 Å². The van der Waals surface area contributed by atoms with Crippen molar-refractivity contribution >= 4 is 61.6 Å². The quantitative estimate of drug-likeness (QED) is 0.136. The molecule has 0 spiro atoms. The Kier molecular flexibility index (Phi) is 12.0. The molecular formula is C41H47F3N8O6S. The van der Waals surface area contributed by atoms with Gasteiger partial charge in [0.25, 0.3) is 0 Å². The van der Waals surface area contributed by atoms with Crippen molar-refractivity contribution < 1.29 is 40.8 Å². The molecule has 59 heavy (non-hydrogen) atoms. The Bertz CT molecular complexity index is 2390. The van der Waals surface area contributed by atoms with E-state index in [-0.39, 0.29) is 47.9 Å². The van der Waals surface area contributed by atoms with Gasteiger partial charge in [-0.1, -0.05) is 13.0 Å². The Morgan fingerprint density at radius 2 is 1.64 bits per heavy atom. The third kappa shape index (κ3) is 8.64. The minimum absolute atomic E-state index is 0.00867. The van der Waals surface area contributed by atoms with E-state index in [0.717, 1.165) is 16.4 Å². The Balaban J connectivity index is 0.947. The van der Waals surface area contributed by atoms with Crippen LogP contribution >= 0.6 is 0 Å². The van der Waals surface area contributed by atoms with Crippen molar-refractivity contribution in [1.29, 1.82) is 0 Å². The molecule has 0 bridgehead atoms. The molecule has 3 N–H and O–H groups in total. The van der Waals surface area contributed by atoms with Gasteiger partial charge >= 0.3 is 0 Å². The first-order valence-electron chi connectivity index (χ1n) is 19.7. The maximum absolute atomic E-state index is 15.7. The van der Waals surface area contributed by atoms with Gasteiger partial charge in [0.05, 0.1) is 28.9 Å². The van der Waals surface area contributed by atoms with Crippen molar-refractivity contribution in [2.24, 2.45) is 5.92 Å². The predicted octanol–water partition coefficient (Wildman–Crippen LogP) is 4.55. The standard InChI is InChI=1S/C41H47F3N8O6S/c1-4-49(2)59(57,58)23-25-5-7-31(42)36(37(25)44)38(54)30-22-46-39-29(30)20-28(21-45-39)51-17-13-27(14-18-51)50(3)41(56)24-11-15-52(16-12-24)34-9-6-26(19-32(34)43)47-33-8-10-35(53)48-40(33)55/h5-7,9,19-22,24,27,33,47H,4,8,10-18,23H2,1-3H3,(H,45,46)(H,48,53,55). The Morgan fingerprint density at radius 1 is 0.932 bits per heavy atom. The Morgan fingerprint density at radius 3 is 2.32 bits per heavy atom. The zero-order valence-electron chi connectivity index (χ0n) is 33.1. The van der Waals surface area contributed by atoms with E-state index in [1.54, 1.807) is 31.3 Å². The van der Waals surface area contributed by atoms with Gasteiger partial charge in [-0.15, -0.1) is 0 Å². The fourth-order valence-corrected chi connectivity index (χ4v) is 9.37. The summed E-state index contributed by atoms with van der Waals surface area (Å²) in [7, 11) is -0.728. The van der Waals surface area contributed by atoms with Gasteiger partial charge in [0.1, 0.15) is 29.1 Å². The van der Waals surface area contributed by atoms with Crippen LogP contribution in [0.1, 0.15) is 66.9 Å². The van der Waals surface area contributed by atoms with E-state index < -0.39 is 56.5 Å². The van der Waals surface area contributed by atoms with Crippen molar-refractivity contribution in [2.75, 3.05) is 61.9 Å². The number of sulfonamides is 1. The number of pyridine rings is 1. The number of amides is 3. The predicted molar refractivity (Wildman–Crippen MR) is 216 cm³/mol. The highest BCUT2D eigenvalue weighted by Gasteiger charge is 2.34. The molecular weight excluding hydrogens is 790 g/mol. The number of halogens is 3. The van der Waals surface area contributed by atoms with Gasteiger partial charge < -0.3 is 25.0 Å². The Labute approximate surface area is 340 Å². The third-order valence-electron chi connectivity index (χ3n) is 11.9. The zero-order chi connectivity index (χ0) is 42.2. The number of fused-ring (bicyclic) bond motifs is 1. The second-order valence-electron chi connectivity index (χ2n) is 15.4. The van der Waals surface area contributed by atoms with Crippen LogP contribution in [0.3, 0.4) is 0 Å². The molecule has 3 fully saturated rings. The zero-order valence-corrected chi connectivity index (χ0v) is 33.9. The smallest absolute Gasteiger partial charge is 0.249 e. The second kappa shape index (κ2) is 17.0. The van der Waals surface area contributed by atoms with Crippen LogP contribution < -0.4 is 20.4 Å². The number of nitrogens with zero attached hydrogens (tertiary/aromatic N) is 5. The molecule has 7 rings (SSSR count). The number of aromatic nitrogens is 2. The number of carbonyl (C=O) groups is 4. The number of nitrogens with one attached hydrogen (secondary N) is 3. The normalized spacial score (nSPS) is 18.4. The van der Waals surface area contributed by atoms with Gasteiger partial charge in [-0.05, 0) is 62.4 Å². The number of carbonyl (C=O) groups excluding carboxylic acids is 4. The fraction of sp³-hybridized carbons (Fsp3) is 0.439. The summed E-state index contributed by atoms with van der Waals surface area (Å²) in [5.41, 5.74) is 0.738. The SMILES string of the molecule is CCN(C)S(=O)(=O)Cc1ccc(F)c(C(=O)c2c[nH]c3ncc(N4CCC(N(C)C(=O)C5CCN(c6ccc(NC7CCC(=O)NC7=O)cc6F)CC5)CC4)cc23)c1F. The van der Waals surface area contributed by atoms with Crippen LogP contribution in [0.4, 0.5) is 30.2 Å². The fourth-order valence-electron chi connectivity index (χ4n) is 8.14. The van der Waals surface area contributed by atoms with E-state index in [2.05, 4.69) is 25.5 Å². The molecule has 2 aromatic heterocycles. The minimum atomic E-state index is -3.90. The number of ketones is 1. The van der Waals surface area contributed by atoms with E-state index in [0.29, 0.717) is 86.4 Å². The lowest BCUT2D eigenvalue weighted by Gasteiger charge is -2.40. The van der Waals surface area contributed by atoms with Gasteiger partial charge in [-0.25, -0.2) is 30.9 Å². The summed E-state index contributed by atoms with van der Waals surface area (Å²) in [4.78, 5) is 64.1. The summed E-state index contributed by atoms with van der Waals surface area (Å²) >= 11 is 0. The number of rotatable bonds is 12. The molecule has 3 amide bonds. The highest BCUT2D eigenvalue weighted by Crippen LogP contribution is 2.32. The van der Waals surface area contributed by atoms with Crippen molar-refractivity contribution in [2.45, 2.75) is 63.3 Å². The second-order valence-corrected chi connectivity index (χ2v) is 17.5. The summed E-state index contributed by atoms with van der Waals surface area (Å²) < 4.78 is 72.3. The van der Waals surface area contributed by atoms with Crippen molar-refractivity contribution in [1.82, 2.24) is 24.5 Å². The maximum atomic E-state index is 15.7. The van der Waals surface area contributed by atoms with Gasteiger partial charge in [-0.3, -0.25) is 24.5 Å². The highest BCUT2D eigenvalue weighted by molar-refractivity contribution is 7.88.